The van der Waals surface area contributed by atoms with E-state index in [4.69, 9.17) is 0 Å². The third kappa shape index (κ3) is 1.18. The first-order chi connectivity index (χ1) is 5.77. The van der Waals surface area contributed by atoms with E-state index >= 15 is 0 Å². The predicted molar refractivity (Wildman–Crippen MR) is 53.1 cm³/mol. The zero-order chi connectivity index (χ0) is 8.55. The minimum absolute atomic E-state index is 0.708. The number of rotatable bonds is 0. The minimum Gasteiger partial charge on any atom is -0.0807 e. The van der Waals surface area contributed by atoms with Crippen LogP contribution in [0.15, 0.2) is 24.3 Å². The van der Waals surface area contributed by atoms with Crippen LogP contribution in [0, 0.1) is 12.8 Å². The fourth-order valence-electron chi connectivity index (χ4n) is 1.83. The Bertz CT molecular complexity index is 321. The van der Waals surface area contributed by atoms with Gasteiger partial charge in [-0.05, 0) is 36.0 Å². The Kier molecular flexibility index (Phi) is 1.76. The van der Waals surface area contributed by atoms with Gasteiger partial charge in [-0.3, -0.25) is 0 Å². The number of fused-ring (bicyclic) bond motifs is 1. The van der Waals surface area contributed by atoms with Crippen LogP contribution in [0.4, 0.5) is 0 Å². The van der Waals surface area contributed by atoms with Crippen LogP contribution in [0.3, 0.4) is 0 Å². The maximum absolute atomic E-state index is 2.30. The van der Waals surface area contributed by atoms with Crippen molar-refractivity contribution in [2.45, 2.75) is 20.3 Å². The summed E-state index contributed by atoms with van der Waals surface area (Å²) in [7, 11) is 0. The lowest BCUT2D eigenvalue weighted by molar-refractivity contribution is 0.716. The van der Waals surface area contributed by atoms with Gasteiger partial charge in [0.15, 0.2) is 0 Å². The molecule has 0 nitrogen and oxygen atoms in total. The topological polar surface area (TPSA) is 0 Å². The Morgan fingerprint density at radius 1 is 1.33 bits per heavy atom. The molecule has 1 aromatic rings. The van der Waals surface area contributed by atoms with Gasteiger partial charge in [0.25, 0.3) is 0 Å². The Hall–Kier alpha value is -1.04. The number of allylic oxidation sites excluding steroid dienone is 1. The molecule has 0 saturated heterocycles. The van der Waals surface area contributed by atoms with Crippen LogP contribution in [0.1, 0.15) is 23.6 Å². The van der Waals surface area contributed by atoms with Crippen LogP contribution in [-0.4, -0.2) is 0 Å². The SMILES string of the molecule is Cc1cccc2c1C=CC(C)C2. The molecule has 1 unspecified atom stereocenters. The van der Waals surface area contributed by atoms with Gasteiger partial charge in [-0.15, -0.1) is 0 Å². The van der Waals surface area contributed by atoms with Gasteiger partial charge in [0.1, 0.15) is 0 Å². The molecule has 0 amide bonds. The highest BCUT2D eigenvalue weighted by atomic mass is 14.1. The smallest absolute Gasteiger partial charge is 0.0198 e. The van der Waals surface area contributed by atoms with E-state index in [1.807, 2.05) is 0 Å². The third-order valence-electron chi connectivity index (χ3n) is 2.55. The Morgan fingerprint density at radius 2 is 2.17 bits per heavy atom. The molecule has 0 fully saturated rings. The van der Waals surface area contributed by atoms with E-state index in [-0.39, 0.29) is 0 Å². The van der Waals surface area contributed by atoms with Gasteiger partial charge in [0.05, 0.1) is 0 Å². The molecule has 0 saturated carbocycles. The minimum atomic E-state index is 0.708. The van der Waals surface area contributed by atoms with Crippen molar-refractivity contribution in [3.8, 4) is 0 Å². The molecule has 0 aromatic heterocycles. The van der Waals surface area contributed by atoms with Crippen LogP contribution in [0.2, 0.25) is 0 Å². The van der Waals surface area contributed by atoms with Crippen LogP contribution >= 0.6 is 0 Å². The highest BCUT2D eigenvalue weighted by Crippen LogP contribution is 2.24. The maximum Gasteiger partial charge on any atom is -0.0198 e. The van der Waals surface area contributed by atoms with Crippen LogP contribution in [0.5, 0.6) is 0 Å². The van der Waals surface area contributed by atoms with E-state index in [1.54, 1.807) is 0 Å². The molecule has 12 heavy (non-hydrogen) atoms. The van der Waals surface area contributed by atoms with E-state index < -0.39 is 0 Å². The third-order valence-corrected chi connectivity index (χ3v) is 2.55. The fourth-order valence-corrected chi connectivity index (χ4v) is 1.83. The van der Waals surface area contributed by atoms with Crippen molar-refractivity contribution in [2.75, 3.05) is 0 Å². The average molecular weight is 158 g/mol. The maximum atomic E-state index is 2.30. The van der Waals surface area contributed by atoms with E-state index in [2.05, 4.69) is 44.2 Å². The molecule has 2 rings (SSSR count). The summed E-state index contributed by atoms with van der Waals surface area (Å²) in [6.45, 7) is 4.45. The lowest BCUT2D eigenvalue weighted by Crippen LogP contribution is -2.03. The highest BCUT2D eigenvalue weighted by molar-refractivity contribution is 5.60. The van der Waals surface area contributed by atoms with E-state index in [0.717, 1.165) is 0 Å². The van der Waals surface area contributed by atoms with Gasteiger partial charge < -0.3 is 0 Å². The molecule has 0 spiro atoms. The Balaban J connectivity index is 2.53. The Labute approximate surface area is 73.9 Å². The zero-order valence-electron chi connectivity index (χ0n) is 7.67. The fraction of sp³-hybridized carbons (Fsp3) is 0.333. The van der Waals surface area contributed by atoms with Gasteiger partial charge in [0.2, 0.25) is 0 Å². The van der Waals surface area contributed by atoms with Crippen LogP contribution < -0.4 is 0 Å². The molecule has 1 atom stereocenters. The summed E-state index contributed by atoms with van der Waals surface area (Å²) < 4.78 is 0. The quantitative estimate of drug-likeness (QED) is 0.544. The normalized spacial score (nSPS) is 20.7. The second-order valence-electron chi connectivity index (χ2n) is 3.69. The monoisotopic (exact) mass is 158 g/mol. The molecular formula is C12H14. The molecule has 1 aliphatic rings. The first-order valence-corrected chi connectivity index (χ1v) is 4.54. The van der Waals surface area contributed by atoms with Gasteiger partial charge in [-0.25, -0.2) is 0 Å². The van der Waals surface area contributed by atoms with E-state index in [9.17, 15) is 0 Å². The lowest BCUT2D eigenvalue weighted by atomic mass is 9.89. The Morgan fingerprint density at radius 3 is 3.00 bits per heavy atom. The van der Waals surface area contributed by atoms with Crippen molar-refractivity contribution in [1.82, 2.24) is 0 Å². The number of hydrogen-bond donors (Lipinski definition) is 0. The van der Waals surface area contributed by atoms with Crippen molar-refractivity contribution in [3.63, 3.8) is 0 Å². The van der Waals surface area contributed by atoms with Crippen molar-refractivity contribution < 1.29 is 0 Å². The number of aryl methyl sites for hydroxylation is 1. The number of hydrogen-bond acceptors (Lipinski definition) is 0. The molecule has 0 aliphatic heterocycles. The van der Waals surface area contributed by atoms with Crippen molar-refractivity contribution in [2.24, 2.45) is 5.92 Å². The highest BCUT2D eigenvalue weighted by Gasteiger charge is 2.10. The standard InChI is InChI=1S/C12H14/c1-9-6-7-12-10(2)4-3-5-11(12)8-9/h3-7,9H,8H2,1-2H3. The van der Waals surface area contributed by atoms with Crippen LogP contribution in [-0.2, 0) is 6.42 Å². The summed E-state index contributed by atoms with van der Waals surface area (Å²) in [5.74, 6) is 0.708. The molecule has 0 heterocycles. The lowest BCUT2D eigenvalue weighted by Gasteiger charge is -2.16. The van der Waals surface area contributed by atoms with Gasteiger partial charge >= 0.3 is 0 Å². The zero-order valence-corrected chi connectivity index (χ0v) is 7.67. The second-order valence-corrected chi connectivity index (χ2v) is 3.69. The number of benzene rings is 1. The molecule has 0 radical (unpaired) electrons. The summed E-state index contributed by atoms with van der Waals surface area (Å²) in [4.78, 5) is 0. The molecule has 0 bridgehead atoms. The molecule has 0 heteroatoms. The molecular weight excluding hydrogens is 144 g/mol. The second kappa shape index (κ2) is 2.78. The van der Waals surface area contributed by atoms with Crippen molar-refractivity contribution in [1.29, 1.82) is 0 Å². The summed E-state index contributed by atoms with van der Waals surface area (Å²) in [5.41, 5.74) is 4.34. The van der Waals surface area contributed by atoms with Crippen molar-refractivity contribution in [3.05, 3.63) is 41.0 Å². The van der Waals surface area contributed by atoms with E-state index in [1.165, 1.54) is 23.1 Å². The first kappa shape index (κ1) is 7.60. The summed E-state index contributed by atoms with van der Waals surface area (Å²) in [6.07, 6.45) is 5.77. The van der Waals surface area contributed by atoms with Gasteiger partial charge in [0, 0.05) is 0 Å². The van der Waals surface area contributed by atoms with E-state index in [0.29, 0.717) is 5.92 Å². The van der Waals surface area contributed by atoms with Crippen LogP contribution in [0.25, 0.3) is 6.08 Å². The average Bonchev–Trinajstić information content (AvgIpc) is 2.04. The summed E-state index contributed by atoms with van der Waals surface area (Å²) in [6, 6.07) is 6.57. The molecule has 1 aromatic carbocycles. The largest absolute Gasteiger partial charge is 0.0807 e. The van der Waals surface area contributed by atoms with Gasteiger partial charge in [-0.1, -0.05) is 37.3 Å². The summed E-state index contributed by atoms with van der Waals surface area (Å²) in [5, 5.41) is 0. The molecule has 62 valence electrons. The predicted octanol–water partition coefficient (Wildman–Crippen LogP) is 3.20. The molecule has 0 N–H and O–H groups in total. The van der Waals surface area contributed by atoms with Gasteiger partial charge in [-0.2, -0.15) is 0 Å². The first-order valence-electron chi connectivity index (χ1n) is 4.54. The van der Waals surface area contributed by atoms with Crippen molar-refractivity contribution >= 4 is 6.08 Å². The summed E-state index contributed by atoms with van der Waals surface area (Å²) >= 11 is 0. The molecule has 1 aliphatic carbocycles.